The highest BCUT2D eigenvalue weighted by molar-refractivity contribution is 5.76. The lowest BCUT2D eigenvalue weighted by molar-refractivity contribution is -0.132. The van der Waals surface area contributed by atoms with Gasteiger partial charge in [0.25, 0.3) is 5.56 Å². The first-order valence-electron chi connectivity index (χ1n) is 11.5. The molecule has 0 unspecified atom stereocenters. The highest BCUT2D eigenvalue weighted by atomic mass is 16.2. The largest absolute Gasteiger partial charge is 0.338 e. The molecule has 2 aromatic heterocycles. The van der Waals surface area contributed by atoms with Gasteiger partial charge in [-0.3, -0.25) is 9.59 Å². The van der Waals surface area contributed by atoms with Crippen LogP contribution in [0.1, 0.15) is 42.9 Å². The number of hydrogen-bond donors (Lipinski definition) is 0. The predicted octanol–water partition coefficient (Wildman–Crippen LogP) is 4.26. The van der Waals surface area contributed by atoms with Gasteiger partial charge in [0.1, 0.15) is 5.52 Å². The summed E-state index contributed by atoms with van der Waals surface area (Å²) in [6.45, 7) is 6.06. The SMILES string of the molecule is CC(C)c1ccc(-c2cc3c(=O)n(CCC(=O)N4CCc5ccccc5C4)ccn3n2)cc1. The van der Waals surface area contributed by atoms with Crippen LogP contribution in [0.25, 0.3) is 16.8 Å². The van der Waals surface area contributed by atoms with Crippen LogP contribution < -0.4 is 5.56 Å². The summed E-state index contributed by atoms with van der Waals surface area (Å²) in [6.07, 6.45) is 4.68. The number of hydrogen-bond acceptors (Lipinski definition) is 3. The van der Waals surface area contributed by atoms with Crippen LogP contribution in [-0.2, 0) is 24.3 Å². The summed E-state index contributed by atoms with van der Waals surface area (Å²) in [4.78, 5) is 27.8. The second-order valence-electron chi connectivity index (χ2n) is 9.02. The average molecular weight is 441 g/mol. The number of carbonyl (C=O) groups excluding carboxylic acids is 1. The Morgan fingerprint density at radius 3 is 2.55 bits per heavy atom. The van der Waals surface area contributed by atoms with Crippen LogP contribution in [0.5, 0.6) is 0 Å². The topological polar surface area (TPSA) is 59.6 Å². The van der Waals surface area contributed by atoms with Crippen LogP contribution in [0, 0.1) is 0 Å². The molecule has 0 bridgehead atoms. The molecule has 1 aliphatic heterocycles. The van der Waals surface area contributed by atoms with E-state index in [-0.39, 0.29) is 11.5 Å². The normalized spacial score (nSPS) is 13.5. The minimum Gasteiger partial charge on any atom is -0.338 e. The molecule has 0 spiro atoms. The molecule has 2 aromatic carbocycles. The summed E-state index contributed by atoms with van der Waals surface area (Å²) < 4.78 is 3.23. The molecular formula is C27H28N4O2. The summed E-state index contributed by atoms with van der Waals surface area (Å²) in [5.41, 5.74) is 5.93. The van der Waals surface area contributed by atoms with Crippen molar-refractivity contribution in [1.29, 1.82) is 0 Å². The zero-order chi connectivity index (χ0) is 22.9. The Kier molecular flexibility index (Phi) is 5.58. The van der Waals surface area contributed by atoms with Gasteiger partial charge in [-0.25, -0.2) is 4.52 Å². The van der Waals surface area contributed by atoms with Gasteiger partial charge in [0.15, 0.2) is 0 Å². The molecule has 168 valence electrons. The fourth-order valence-electron chi connectivity index (χ4n) is 4.46. The van der Waals surface area contributed by atoms with Crippen molar-refractivity contribution in [2.24, 2.45) is 0 Å². The molecule has 4 aromatic rings. The standard InChI is InChI=1S/C27H28N4O2/c1-19(2)20-7-9-22(10-8-20)24-17-25-27(33)29(15-16-31(25)28-24)14-12-26(32)30-13-11-21-5-3-4-6-23(21)18-30/h3-10,15-17,19H,11-14,18H2,1-2H3. The van der Waals surface area contributed by atoms with E-state index in [1.165, 1.54) is 16.7 Å². The van der Waals surface area contributed by atoms with Crippen LogP contribution in [0.2, 0.25) is 0 Å². The fourth-order valence-corrected chi connectivity index (χ4v) is 4.46. The highest BCUT2D eigenvalue weighted by Gasteiger charge is 2.20. The Bertz CT molecular complexity index is 1370. The van der Waals surface area contributed by atoms with Gasteiger partial charge in [-0.15, -0.1) is 0 Å². The summed E-state index contributed by atoms with van der Waals surface area (Å²) in [6, 6.07) is 18.4. The Balaban J connectivity index is 1.31. The molecule has 0 N–H and O–H groups in total. The van der Waals surface area contributed by atoms with Crippen molar-refractivity contribution in [2.75, 3.05) is 6.54 Å². The van der Waals surface area contributed by atoms with Crippen molar-refractivity contribution in [3.63, 3.8) is 0 Å². The molecule has 0 saturated carbocycles. The number of rotatable bonds is 5. The monoisotopic (exact) mass is 440 g/mol. The first-order chi connectivity index (χ1) is 16.0. The zero-order valence-electron chi connectivity index (χ0n) is 19.1. The van der Waals surface area contributed by atoms with Crippen molar-refractivity contribution in [2.45, 2.75) is 45.7 Å². The van der Waals surface area contributed by atoms with Crippen LogP contribution in [0.4, 0.5) is 0 Å². The molecule has 0 saturated heterocycles. The fraction of sp³-hybridized carbons (Fsp3) is 0.296. The minimum atomic E-state index is -0.133. The van der Waals surface area contributed by atoms with Gasteiger partial charge in [0.2, 0.25) is 5.91 Å². The second-order valence-corrected chi connectivity index (χ2v) is 9.02. The van der Waals surface area contributed by atoms with Crippen LogP contribution in [0.15, 0.2) is 71.8 Å². The number of carbonyl (C=O) groups is 1. The van der Waals surface area contributed by atoms with E-state index in [1.54, 1.807) is 21.5 Å². The maximum absolute atomic E-state index is 13.0. The van der Waals surface area contributed by atoms with Gasteiger partial charge in [0.05, 0.1) is 5.69 Å². The third-order valence-corrected chi connectivity index (χ3v) is 6.53. The summed E-state index contributed by atoms with van der Waals surface area (Å²) >= 11 is 0. The molecular weight excluding hydrogens is 412 g/mol. The second kappa shape index (κ2) is 8.70. The first kappa shape index (κ1) is 21.2. The third kappa shape index (κ3) is 4.21. The van der Waals surface area contributed by atoms with Gasteiger partial charge in [-0.2, -0.15) is 5.10 Å². The third-order valence-electron chi connectivity index (χ3n) is 6.53. The average Bonchev–Trinajstić information content (AvgIpc) is 3.28. The van der Waals surface area contributed by atoms with Crippen LogP contribution in [-0.4, -0.2) is 31.5 Å². The molecule has 1 aliphatic rings. The van der Waals surface area contributed by atoms with E-state index in [0.717, 1.165) is 24.2 Å². The minimum absolute atomic E-state index is 0.0794. The van der Waals surface area contributed by atoms with E-state index >= 15 is 0 Å². The summed E-state index contributed by atoms with van der Waals surface area (Å²) in [5.74, 6) is 0.547. The molecule has 1 amide bonds. The Hall–Kier alpha value is -3.67. The lowest BCUT2D eigenvalue weighted by atomic mass is 10.00. The van der Waals surface area contributed by atoms with Crippen molar-refractivity contribution in [1.82, 2.24) is 19.1 Å². The lowest BCUT2D eigenvalue weighted by Gasteiger charge is -2.29. The molecule has 3 heterocycles. The highest BCUT2D eigenvalue weighted by Crippen LogP contribution is 2.22. The number of benzene rings is 2. The van der Waals surface area contributed by atoms with Gasteiger partial charge < -0.3 is 9.47 Å². The van der Waals surface area contributed by atoms with Gasteiger partial charge >= 0.3 is 0 Å². The summed E-state index contributed by atoms with van der Waals surface area (Å²) in [5, 5.41) is 4.58. The van der Waals surface area contributed by atoms with Gasteiger partial charge in [-0.05, 0) is 35.1 Å². The molecule has 6 nitrogen and oxygen atoms in total. The van der Waals surface area contributed by atoms with E-state index < -0.39 is 0 Å². The Morgan fingerprint density at radius 2 is 1.79 bits per heavy atom. The van der Waals surface area contributed by atoms with E-state index in [2.05, 4.69) is 43.2 Å². The maximum Gasteiger partial charge on any atom is 0.276 e. The van der Waals surface area contributed by atoms with E-state index in [9.17, 15) is 9.59 Å². The molecule has 0 aliphatic carbocycles. The van der Waals surface area contributed by atoms with E-state index in [0.29, 0.717) is 30.9 Å². The number of nitrogens with zero attached hydrogens (tertiary/aromatic N) is 4. The van der Waals surface area contributed by atoms with Crippen molar-refractivity contribution in [3.05, 3.63) is 94.0 Å². The first-order valence-corrected chi connectivity index (χ1v) is 11.5. The molecule has 0 atom stereocenters. The quantitative estimate of drug-likeness (QED) is 0.466. The molecule has 0 fully saturated rings. The lowest BCUT2D eigenvalue weighted by Crippen LogP contribution is -2.36. The molecule has 5 rings (SSSR count). The number of amides is 1. The smallest absolute Gasteiger partial charge is 0.276 e. The predicted molar refractivity (Wildman–Crippen MR) is 129 cm³/mol. The van der Waals surface area contributed by atoms with E-state index in [1.807, 2.05) is 35.2 Å². The molecule has 0 radical (unpaired) electrons. The molecule has 33 heavy (non-hydrogen) atoms. The maximum atomic E-state index is 13.0. The number of aryl methyl sites for hydroxylation is 1. The summed E-state index contributed by atoms with van der Waals surface area (Å²) in [7, 11) is 0. The number of aromatic nitrogens is 3. The zero-order valence-corrected chi connectivity index (χ0v) is 19.1. The van der Waals surface area contributed by atoms with Gasteiger partial charge in [0, 0.05) is 44.0 Å². The van der Waals surface area contributed by atoms with E-state index in [4.69, 9.17) is 0 Å². The van der Waals surface area contributed by atoms with Crippen LogP contribution in [0.3, 0.4) is 0 Å². The van der Waals surface area contributed by atoms with Gasteiger partial charge in [-0.1, -0.05) is 62.4 Å². The molecule has 6 heteroatoms. The van der Waals surface area contributed by atoms with Crippen LogP contribution >= 0.6 is 0 Å². The number of fused-ring (bicyclic) bond motifs is 2. The Labute approximate surface area is 193 Å². The Morgan fingerprint density at radius 1 is 1.03 bits per heavy atom. The van der Waals surface area contributed by atoms with Crippen molar-refractivity contribution >= 4 is 11.4 Å². The van der Waals surface area contributed by atoms with Crippen molar-refractivity contribution < 1.29 is 4.79 Å². The van der Waals surface area contributed by atoms with Crippen molar-refractivity contribution in [3.8, 4) is 11.3 Å².